The van der Waals surface area contributed by atoms with Crippen LogP contribution in [-0.4, -0.2) is 29.3 Å². The molecule has 1 fully saturated rings. The number of pyridine rings is 1. The van der Waals surface area contributed by atoms with Crippen LogP contribution in [0.15, 0.2) is 30.6 Å². The Morgan fingerprint density at radius 1 is 1.25 bits per heavy atom. The van der Waals surface area contributed by atoms with Gasteiger partial charge in [0.1, 0.15) is 0 Å². The SMILES string of the molecule is CN(CC1(O)CCCC1)c1ccc(N)c2cnccc12. The summed E-state index contributed by atoms with van der Waals surface area (Å²) >= 11 is 0. The molecule has 1 heterocycles. The van der Waals surface area contributed by atoms with Gasteiger partial charge in [-0.15, -0.1) is 0 Å². The number of benzene rings is 1. The summed E-state index contributed by atoms with van der Waals surface area (Å²) in [4.78, 5) is 6.28. The highest BCUT2D eigenvalue weighted by Gasteiger charge is 2.32. The number of nitrogens with zero attached hydrogens (tertiary/aromatic N) is 2. The van der Waals surface area contributed by atoms with Gasteiger partial charge in [0.15, 0.2) is 0 Å². The minimum absolute atomic E-state index is 0.546. The van der Waals surface area contributed by atoms with Crippen LogP contribution in [-0.2, 0) is 0 Å². The first-order valence-electron chi connectivity index (χ1n) is 7.15. The summed E-state index contributed by atoms with van der Waals surface area (Å²) in [6, 6.07) is 5.92. The van der Waals surface area contributed by atoms with E-state index in [4.69, 9.17) is 5.73 Å². The smallest absolute Gasteiger partial charge is 0.0821 e. The third kappa shape index (κ3) is 2.31. The average Bonchev–Trinajstić information content (AvgIpc) is 2.86. The summed E-state index contributed by atoms with van der Waals surface area (Å²) in [5.41, 5.74) is 7.30. The normalized spacial score (nSPS) is 17.5. The number of nitrogens with two attached hydrogens (primary N) is 1. The molecule has 3 rings (SSSR count). The Labute approximate surface area is 119 Å². The van der Waals surface area contributed by atoms with Crippen LogP contribution in [0.3, 0.4) is 0 Å². The Hall–Kier alpha value is -1.81. The summed E-state index contributed by atoms with van der Waals surface area (Å²) in [7, 11) is 2.03. The molecule has 0 aliphatic heterocycles. The topological polar surface area (TPSA) is 62.4 Å². The maximum atomic E-state index is 10.6. The Morgan fingerprint density at radius 2 is 2.00 bits per heavy atom. The van der Waals surface area contributed by atoms with E-state index in [1.807, 2.05) is 25.2 Å². The van der Waals surface area contributed by atoms with Gasteiger partial charge >= 0.3 is 0 Å². The van der Waals surface area contributed by atoms with Crippen molar-refractivity contribution in [2.24, 2.45) is 0 Å². The molecule has 1 aliphatic rings. The van der Waals surface area contributed by atoms with Crippen LogP contribution >= 0.6 is 0 Å². The Morgan fingerprint density at radius 3 is 2.75 bits per heavy atom. The van der Waals surface area contributed by atoms with Gasteiger partial charge in [-0.05, 0) is 31.0 Å². The maximum absolute atomic E-state index is 10.6. The van der Waals surface area contributed by atoms with Gasteiger partial charge in [-0.1, -0.05) is 12.8 Å². The average molecular weight is 271 g/mol. The first-order valence-corrected chi connectivity index (χ1v) is 7.15. The standard InChI is InChI=1S/C16H21N3O/c1-19(11-16(20)7-2-3-8-16)15-5-4-14(17)13-10-18-9-6-12(13)15/h4-6,9-10,20H,2-3,7-8,11,17H2,1H3. The molecule has 0 radical (unpaired) electrons. The summed E-state index contributed by atoms with van der Waals surface area (Å²) < 4.78 is 0. The van der Waals surface area contributed by atoms with Gasteiger partial charge in [-0.25, -0.2) is 0 Å². The van der Waals surface area contributed by atoms with Gasteiger partial charge in [0, 0.05) is 48.1 Å². The van der Waals surface area contributed by atoms with Crippen LogP contribution in [0.4, 0.5) is 11.4 Å². The van der Waals surface area contributed by atoms with Crippen molar-refractivity contribution in [3.63, 3.8) is 0 Å². The van der Waals surface area contributed by atoms with E-state index in [-0.39, 0.29) is 0 Å². The van der Waals surface area contributed by atoms with Crippen molar-refractivity contribution in [2.45, 2.75) is 31.3 Å². The second-order valence-corrected chi connectivity index (χ2v) is 5.88. The molecule has 0 spiro atoms. The molecule has 0 unspecified atom stereocenters. The third-order valence-electron chi connectivity index (χ3n) is 4.31. The fourth-order valence-corrected chi connectivity index (χ4v) is 3.25. The number of nitrogen functional groups attached to an aromatic ring is 1. The second-order valence-electron chi connectivity index (χ2n) is 5.88. The summed E-state index contributed by atoms with van der Waals surface area (Å²) in [6.07, 6.45) is 7.61. The van der Waals surface area contributed by atoms with Crippen molar-refractivity contribution in [2.75, 3.05) is 24.2 Å². The van der Waals surface area contributed by atoms with Gasteiger partial charge in [0.2, 0.25) is 0 Å². The van der Waals surface area contributed by atoms with Crippen molar-refractivity contribution < 1.29 is 5.11 Å². The molecule has 4 heteroatoms. The minimum Gasteiger partial charge on any atom is -0.398 e. The monoisotopic (exact) mass is 271 g/mol. The fraction of sp³-hybridized carbons (Fsp3) is 0.438. The van der Waals surface area contributed by atoms with E-state index >= 15 is 0 Å². The number of aliphatic hydroxyl groups is 1. The number of hydrogen-bond acceptors (Lipinski definition) is 4. The van der Waals surface area contributed by atoms with Gasteiger partial charge in [0.05, 0.1) is 5.60 Å². The lowest BCUT2D eigenvalue weighted by molar-refractivity contribution is 0.0560. The largest absolute Gasteiger partial charge is 0.398 e. The summed E-state index contributed by atoms with van der Waals surface area (Å²) in [5.74, 6) is 0. The summed E-state index contributed by atoms with van der Waals surface area (Å²) in [6.45, 7) is 0.661. The van der Waals surface area contributed by atoms with Crippen molar-refractivity contribution in [1.29, 1.82) is 0 Å². The van der Waals surface area contributed by atoms with E-state index in [0.717, 1.165) is 47.8 Å². The molecule has 0 saturated heterocycles. The van der Waals surface area contributed by atoms with Crippen molar-refractivity contribution in [3.8, 4) is 0 Å². The number of likely N-dealkylation sites (N-methyl/N-ethyl adjacent to an activating group) is 1. The quantitative estimate of drug-likeness (QED) is 0.842. The molecular formula is C16H21N3O. The molecule has 3 N–H and O–H groups in total. The van der Waals surface area contributed by atoms with Crippen LogP contribution in [0, 0.1) is 0 Å². The maximum Gasteiger partial charge on any atom is 0.0821 e. The molecule has 1 aliphatic carbocycles. The molecule has 1 saturated carbocycles. The van der Waals surface area contributed by atoms with Gasteiger partial charge < -0.3 is 15.7 Å². The zero-order chi connectivity index (χ0) is 14.2. The number of fused-ring (bicyclic) bond motifs is 1. The van der Waals surface area contributed by atoms with Crippen molar-refractivity contribution in [1.82, 2.24) is 4.98 Å². The molecule has 1 aromatic heterocycles. The van der Waals surface area contributed by atoms with E-state index in [1.165, 1.54) is 0 Å². The molecule has 20 heavy (non-hydrogen) atoms. The van der Waals surface area contributed by atoms with Gasteiger partial charge in [-0.3, -0.25) is 4.98 Å². The zero-order valence-corrected chi connectivity index (χ0v) is 11.8. The van der Waals surface area contributed by atoms with Gasteiger partial charge in [-0.2, -0.15) is 0 Å². The molecular weight excluding hydrogens is 250 g/mol. The second kappa shape index (κ2) is 4.94. The molecule has 0 amide bonds. The lowest BCUT2D eigenvalue weighted by atomic mass is 10.0. The van der Waals surface area contributed by atoms with Gasteiger partial charge in [0.25, 0.3) is 0 Å². The van der Waals surface area contributed by atoms with Crippen LogP contribution < -0.4 is 10.6 Å². The Kier molecular flexibility index (Phi) is 3.26. The molecule has 4 nitrogen and oxygen atoms in total. The predicted molar refractivity (Wildman–Crippen MR) is 82.8 cm³/mol. The van der Waals surface area contributed by atoms with E-state index < -0.39 is 5.60 Å². The minimum atomic E-state index is -0.546. The fourth-order valence-electron chi connectivity index (χ4n) is 3.25. The van der Waals surface area contributed by atoms with Crippen LogP contribution in [0.1, 0.15) is 25.7 Å². The Balaban J connectivity index is 1.95. The number of anilines is 2. The summed E-state index contributed by atoms with van der Waals surface area (Å²) in [5, 5.41) is 12.6. The lowest BCUT2D eigenvalue weighted by Crippen LogP contribution is -2.39. The lowest BCUT2D eigenvalue weighted by Gasteiger charge is -2.30. The molecule has 0 bridgehead atoms. The number of hydrogen-bond donors (Lipinski definition) is 2. The zero-order valence-electron chi connectivity index (χ0n) is 11.8. The Bertz CT molecular complexity index is 620. The first-order chi connectivity index (χ1) is 9.59. The molecule has 0 atom stereocenters. The molecule has 106 valence electrons. The van der Waals surface area contributed by atoms with Crippen LogP contribution in [0.25, 0.3) is 10.8 Å². The van der Waals surface area contributed by atoms with Crippen LogP contribution in [0.2, 0.25) is 0 Å². The highest BCUT2D eigenvalue weighted by Crippen LogP contribution is 2.34. The van der Waals surface area contributed by atoms with E-state index in [1.54, 1.807) is 12.4 Å². The van der Waals surface area contributed by atoms with Crippen molar-refractivity contribution in [3.05, 3.63) is 30.6 Å². The van der Waals surface area contributed by atoms with E-state index in [9.17, 15) is 5.11 Å². The van der Waals surface area contributed by atoms with E-state index in [2.05, 4.69) is 9.88 Å². The molecule has 1 aromatic carbocycles. The van der Waals surface area contributed by atoms with Crippen LogP contribution in [0.5, 0.6) is 0 Å². The highest BCUT2D eigenvalue weighted by molar-refractivity contribution is 6.00. The molecule has 2 aromatic rings. The third-order valence-corrected chi connectivity index (χ3v) is 4.31. The van der Waals surface area contributed by atoms with Crippen molar-refractivity contribution >= 4 is 22.1 Å². The first kappa shape index (κ1) is 13.2. The number of rotatable bonds is 3. The highest BCUT2D eigenvalue weighted by atomic mass is 16.3. The van der Waals surface area contributed by atoms with E-state index in [0.29, 0.717) is 6.54 Å². The predicted octanol–water partition coefficient (Wildman–Crippen LogP) is 2.56. The number of aromatic nitrogens is 1.